The van der Waals surface area contributed by atoms with Gasteiger partial charge < -0.3 is 15.5 Å². The summed E-state index contributed by atoms with van der Waals surface area (Å²) in [5.41, 5.74) is 2.93. The Morgan fingerprint density at radius 2 is 2.19 bits per heavy atom. The zero-order chi connectivity index (χ0) is 12.0. The molecule has 0 spiro atoms. The van der Waals surface area contributed by atoms with Crippen molar-refractivity contribution in [2.24, 2.45) is 5.92 Å². The summed E-state index contributed by atoms with van der Waals surface area (Å²) in [6.07, 6.45) is 2.73. The normalized spacial score (nSPS) is 29.3. The van der Waals surface area contributed by atoms with Gasteiger partial charge in [-0.25, -0.2) is 0 Å². The molecule has 3 N–H and O–H groups in total. The van der Waals surface area contributed by atoms with Gasteiger partial charge in [0, 0.05) is 18.6 Å². The maximum absolute atomic E-state index is 11.9. The van der Waals surface area contributed by atoms with Crippen molar-refractivity contribution < 1.29 is 9.63 Å². The van der Waals surface area contributed by atoms with Gasteiger partial charge in [0.25, 0.3) is 0 Å². The van der Waals surface area contributed by atoms with Crippen molar-refractivity contribution in [3.05, 3.63) is 0 Å². The molecule has 1 saturated carbocycles. The van der Waals surface area contributed by atoms with Gasteiger partial charge in [-0.3, -0.25) is 4.79 Å². The monoisotopic (exact) mass is 229 g/mol. The summed E-state index contributed by atoms with van der Waals surface area (Å²) in [6.45, 7) is 2.81. The molecule has 3 atom stereocenters. The minimum Gasteiger partial charge on any atom is -0.356 e. The van der Waals surface area contributed by atoms with E-state index in [4.69, 9.17) is 4.84 Å². The van der Waals surface area contributed by atoms with Gasteiger partial charge in [0.05, 0.1) is 13.0 Å². The second-order valence-corrected chi connectivity index (χ2v) is 4.28. The first-order valence-corrected chi connectivity index (χ1v) is 5.96. The molecule has 0 aromatic rings. The molecule has 0 saturated heterocycles. The van der Waals surface area contributed by atoms with Crippen molar-refractivity contribution in [3.63, 3.8) is 0 Å². The second kappa shape index (κ2) is 6.83. The van der Waals surface area contributed by atoms with E-state index in [0.717, 1.165) is 25.8 Å². The van der Waals surface area contributed by atoms with Gasteiger partial charge in [0.15, 0.2) is 0 Å². The molecule has 1 aliphatic rings. The molecule has 0 radical (unpaired) electrons. The number of amides is 1. The fraction of sp³-hybridized carbons (Fsp3) is 0.909. The van der Waals surface area contributed by atoms with Crippen LogP contribution in [0.3, 0.4) is 0 Å². The van der Waals surface area contributed by atoms with E-state index in [1.54, 1.807) is 7.11 Å². The van der Waals surface area contributed by atoms with Crippen molar-refractivity contribution in [1.82, 2.24) is 16.1 Å². The molecule has 3 unspecified atom stereocenters. The first-order chi connectivity index (χ1) is 7.72. The smallest absolute Gasteiger partial charge is 0.224 e. The van der Waals surface area contributed by atoms with E-state index in [1.165, 1.54) is 0 Å². The summed E-state index contributed by atoms with van der Waals surface area (Å²) in [7, 11) is 3.51. The van der Waals surface area contributed by atoms with Crippen LogP contribution in [-0.2, 0) is 9.63 Å². The minimum absolute atomic E-state index is 0.0456. The number of nitrogens with one attached hydrogen (secondary N) is 3. The number of carbonyl (C=O) groups is 1. The number of hydroxylamine groups is 1. The predicted molar refractivity (Wildman–Crippen MR) is 62.8 cm³/mol. The summed E-state index contributed by atoms with van der Waals surface area (Å²) in [6, 6.07) is 0.504. The summed E-state index contributed by atoms with van der Waals surface area (Å²) in [5, 5.41) is 6.16. The Bertz CT molecular complexity index is 223. The van der Waals surface area contributed by atoms with E-state index >= 15 is 0 Å². The van der Waals surface area contributed by atoms with Crippen LogP contribution in [0.4, 0.5) is 0 Å². The quantitative estimate of drug-likeness (QED) is 0.562. The predicted octanol–water partition coefficient (Wildman–Crippen LogP) is 0.0302. The molecule has 0 bridgehead atoms. The van der Waals surface area contributed by atoms with Crippen molar-refractivity contribution in [3.8, 4) is 0 Å². The molecular weight excluding hydrogens is 206 g/mol. The van der Waals surface area contributed by atoms with Crippen LogP contribution < -0.4 is 16.1 Å². The van der Waals surface area contributed by atoms with Crippen LogP contribution in [0.15, 0.2) is 0 Å². The van der Waals surface area contributed by atoms with E-state index in [-0.39, 0.29) is 23.9 Å². The Morgan fingerprint density at radius 1 is 1.44 bits per heavy atom. The van der Waals surface area contributed by atoms with Crippen LogP contribution in [-0.4, -0.2) is 38.7 Å². The van der Waals surface area contributed by atoms with Crippen molar-refractivity contribution in [1.29, 1.82) is 0 Å². The Kier molecular flexibility index (Phi) is 5.73. The van der Waals surface area contributed by atoms with Gasteiger partial charge in [-0.05, 0) is 26.3 Å². The Hall–Kier alpha value is -0.650. The lowest BCUT2D eigenvalue weighted by molar-refractivity contribution is -0.125. The van der Waals surface area contributed by atoms with E-state index in [1.807, 2.05) is 7.05 Å². The highest BCUT2D eigenvalue weighted by molar-refractivity contribution is 5.79. The van der Waals surface area contributed by atoms with Crippen molar-refractivity contribution >= 4 is 5.91 Å². The SMILES string of the molecule is CCCNC(=O)C1CC(NOC)CC1NC. The van der Waals surface area contributed by atoms with Gasteiger partial charge >= 0.3 is 0 Å². The largest absolute Gasteiger partial charge is 0.356 e. The second-order valence-electron chi connectivity index (χ2n) is 4.28. The number of hydrogen-bond acceptors (Lipinski definition) is 4. The average Bonchev–Trinajstić information content (AvgIpc) is 2.69. The summed E-state index contributed by atoms with van der Waals surface area (Å²) >= 11 is 0. The third kappa shape index (κ3) is 3.43. The molecule has 5 nitrogen and oxygen atoms in total. The molecule has 1 fully saturated rings. The average molecular weight is 229 g/mol. The molecule has 1 aliphatic carbocycles. The lowest BCUT2D eigenvalue weighted by Gasteiger charge is -2.17. The number of hydrogen-bond donors (Lipinski definition) is 3. The van der Waals surface area contributed by atoms with Gasteiger partial charge in [-0.15, -0.1) is 0 Å². The molecule has 16 heavy (non-hydrogen) atoms. The fourth-order valence-electron chi connectivity index (χ4n) is 2.29. The maximum Gasteiger partial charge on any atom is 0.224 e. The minimum atomic E-state index is 0.0456. The van der Waals surface area contributed by atoms with Crippen LogP contribution in [0, 0.1) is 5.92 Å². The van der Waals surface area contributed by atoms with Gasteiger partial charge in [0.1, 0.15) is 0 Å². The highest BCUT2D eigenvalue weighted by atomic mass is 16.6. The van der Waals surface area contributed by atoms with Crippen LogP contribution in [0.2, 0.25) is 0 Å². The first kappa shape index (κ1) is 13.4. The highest BCUT2D eigenvalue weighted by Crippen LogP contribution is 2.26. The standard InChI is InChI=1S/C11H23N3O2/c1-4-5-13-11(15)9-6-8(14-16-3)7-10(9)12-2/h8-10,12,14H,4-7H2,1-3H3,(H,13,15). The van der Waals surface area contributed by atoms with Crippen LogP contribution in [0.1, 0.15) is 26.2 Å². The molecule has 1 rings (SSSR count). The van der Waals surface area contributed by atoms with Gasteiger partial charge in [-0.1, -0.05) is 6.92 Å². The third-order valence-corrected chi connectivity index (χ3v) is 3.10. The maximum atomic E-state index is 11.9. The Labute approximate surface area is 97.3 Å². The topological polar surface area (TPSA) is 62.4 Å². The first-order valence-electron chi connectivity index (χ1n) is 5.96. The molecule has 1 amide bonds. The molecule has 5 heteroatoms. The Morgan fingerprint density at radius 3 is 2.75 bits per heavy atom. The van der Waals surface area contributed by atoms with Gasteiger partial charge in [0.2, 0.25) is 5.91 Å². The van der Waals surface area contributed by atoms with Crippen LogP contribution in [0.25, 0.3) is 0 Å². The summed E-state index contributed by atoms with van der Waals surface area (Å²) in [4.78, 5) is 16.8. The van der Waals surface area contributed by atoms with Crippen molar-refractivity contribution in [2.45, 2.75) is 38.3 Å². The molecular formula is C11H23N3O2. The fourth-order valence-corrected chi connectivity index (χ4v) is 2.29. The lowest BCUT2D eigenvalue weighted by atomic mass is 10.0. The molecule has 0 aliphatic heterocycles. The number of rotatable bonds is 6. The van der Waals surface area contributed by atoms with E-state index < -0.39 is 0 Å². The molecule has 0 heterocycles. The van der Waals surface area contributed by atoms with E-state index in [2.05, 4.69) is 23.0 Å². The molecule has 94 valence electrons. The third-order valence-electron chi connectivity index (χ3n) is 3.10. The van der Waals surface area contributed by atoms with Crippen LogP contribution in [0.5, 0.6) is 0 Å². The molecule has 0 aromatic carbocycles. The van der Waals surface area contributed by atoms with Gasteiger partial charge in [-0.2, -0.15) is 5.48 Å². The molecule has 0 aromatic heterocycles. The zero-order valence-corrected chi connectivity index (χ0v) is 10.4. The van der Waals surface area contributed by atoms with E-state index in [0.29, 0.717) is 0 Å². The zero-order valence-electron chi connectivity index (χ0n) is 10.4. The Balaban J connectivity index is 2.47. The summed E-state index contributed by atoms with van der Waals surface area (Å²) < 4.78 is 0. The summed E-state index contributed by atoms with van der Waals surface area (Å²) in [5.74, 6) is 0.200. The number of carbonyl (C=O) groups excluding carboxylic acids is 1. The van der Waals surface area contributed by atoms with Crippen LogP contribution >= 0.6 is 0 Å². The highest BCUT2D eigenvalue weighted by Gasteiger charge is 2.37. The lowest BCUT2D eigenvalue weighted by Crippen LogP contribution is -2.40. The van der Waals surface area contributed by atoms with E-state index in [9.17, 15) is 4.79 Å². The van der Waals surface area contributed by atoms with Crippen molar-refractivity contribution in [2.75, 3.05) is 20.7 Å².